The number of phenols is 1. The summed E-state index contributed by atoms with van der Waals surface area (Å²) < 4.78 is 25.9. The fourth-order valence-electron chi connectivity index (χ4n) is 1.99. The first-order valence-corrected chi connectivity index (χ1v) is 7.05. The summed E-state index contributed by atoms with van der Waals surface area (Å²) in [5.74, 6) is -0.349. The van der Waals surface area contributed by atoms with E-state index < -0.39 is 10.0 Å². The summed E-state index contributed by atoms with van der Waals surface area (Å²) in [5.41, 5.74) is 5.60. The summed E-state index contributed by atoms with van der Waals surface area (Å²) in [7, 11) is -3.61. The number of nitrogens with two attached hydrogens (primary N) is 1. The fraction of sp³-hybridized carbons (Fsp3) is 0.455. The highest BCUT2D eigenvalue weighted by Gasteiger charge is 2.28. The van der Waals surface area contributed by atoms with Crippen molar-refractivity contribution in [1.29, 1.82) is 0 Å². The van der Waals surface area contributed by atoms with Crippen LogP contribution in [-0.2, 0) is 10.0 Å². The van der Waals surface area contributed by atoms with E-state index in [1.54, 1.807) is 0 Å². The first-order valence-electron chi connectivity index (χ1n) is 5.61. The minimum atomic E-state index is -3.61. The highest BCUT2D eigenvalue weighted by molar-refractivity contribution is 7.89. The number of nitrogens with zero attached hydrogens (tertiary/aromatic N) is 1. The molecule has 3 N–H and O–H groups in total. The van der Waals surface area contributed by atoms with Crippen molar-refractivity contribution in [2.45, 2.75) is 24.2 Å². The van der Waals surface area contributed by atoms with E-state index in [1.165, 1.54) is 22.5 Å². The number of aromatic hydroxyl groups is 1. The van der Waals surface area contributed by atoms with Gasteiger partial charge < -0.3 is 10.8 Å². The van der Waals surface area contributed by atoms with Crippen molar-refractivity contribution in [1.82, 2.24) is 4.31 Å². The largest absolute Gasteiger partial charge is 0.504 e. The topological polar surface area (TPSA) is 83.6 Å². The van der Waals surface area contributed by atoms with Crippen molar-refractivity contribution in [3.8, 4) is 5.75 Å². The van der Waals surface area contributed by atoms with Gasteiger partial charge in [-0.3, -0.25) is 0 Å². The Bertz CT molecular complexity index is 507. The van der Waals surface area contributed by atoms with Crippen LogP contribution in [0.1, 0.15) is 19.3 Å². The number of nitrogen functional groups attached to an aromatic ring is 1. The predicted molar refractivity (Wildman–Crippen MR) is 65.1 cm³/mol. The Kier molecular flexibility index (Phi) is 3.26. The average molecular weight is 256 g/mol. The third-order valence-electron chi connectivity index (χ3n) is 2.96. The van der Waals surface area contributed by atoms with Gasteiger partial charge in [-0.05, 0) is 25.0 Å². The molecule has 1 heterocycles. The molecule has 0 bridgehead atoms. The van der Waals surface area contributed by atoms with Gasteiger partial charge in [-0.2, -0.15) is 4.31 Å². The van der Waals surface area contributed by atoms with Gasteiger partial charge in [0.05, 0.1) is 5.69 Å². The van der Waals surface area contributed by atoms with Gasteiger partial charge in [-0.25, -0.2) is 8.42 Å². The first kappa shape index (κ1) is 12.2. The van der Waals surface area contributed by atoms with Crippen LogP contribution in [0, 0.1) is 0 Å². The molecule has 1 saturated heterocycles. The standard InChI is InChI=1S/C11H16N2O3S/c12-9-5-4-6-10(11(9)14)17(15,16)13-7-2-1-3-8-13/h4-6,14H,1-3,7-8,12H2. The summed E-state index contributed by atoms with van der Waals surface area (Å²) >= 11 is 0. The van der Waals surface area contributed by atoms with Crippen LogP contribution in [0.25, 0.3) is 0 Å². The second kappa shape index (κ2) is 4.54. The summed E-state index contributed by atoms with van der Waals surface area (Å²) in [6.45, 7) is 1.02. The van der Waals surface area contributed by atoms with Crippen LogP contribution in [0.15, 0.2) is 23.1 Å². The van der Waals surface area contributed by atoms with Gasteiger partial charge in [0, 0.05) is 13.1 Å². The zero-order chi connectivity index (χ0) is 12.5. The maximum atomic E-state index is 12.3. The van der Waals surface area contributed by atoms with Crippen molar-refractivity contribution in [2.75, 3.05) is 18.8 Å². The van der Waals surface area contributed by atoms with Gasteiger partial charge in [0.2, 0.25) is 10.0 Å². The van der Waals surface area contributed by atoms with E-state index in [4.69, 9.17) is 5.73 Å². The number of hydrogen-bond acceptors (Lipinski definition) is 4. The molecule has 0 unspecified atom stereocenters. The van der Waals surface area contributed by atoms with Crippen LogP contribution in [0.4, 0.5) is 5.69 Å². The van der Waals surface area contributed by atoms with Crippen LogP contribution in [0.5, 0.6) is 5.75 Å². The molecule has 0 amide bonds. The molecule has 1 aromatic carbocycles. The Morgan fingerprint density at radius 3 is 2.47 bits per heavy atom. The molecule has 1 fully saturated rings. The molecule has 94 valence electrons. The van der Waals surface area contributed by atoms with E-state index in [2.05, 4.69) is 0 Å². The number of phenolic OH excluding ortho intramolecular Hbond substituents is 1. The Labute approximate surface area is 101 Å². The molecule has 17 heavy (non-hydrogen) atoms. The number of benzene rings is 1. The Balaban J connectivity index is 2.40. The van der Waals surface area contributed by atoms with Crippen molar-refractivity contribution in [2.24, 2.45) is 0 Å². The molecule has 1 aliphatic heterocycles. The molecule has 5 nitrogen and oxygen atoms in total. The number of rotatable bonds is 2. The maximum Gasteiger partial charge on any atom is 0.246 e. The lowest BCUT2D eigenvalue weighted by Crippen LogP contribution is -2.35. The minimum absolute atomic E-state index is 0.0862. The second-order valence-electron chi connectivity index (χ2n) is 4.16. The van der Waals surface area contributed by atoms with Crippen LogP contribution >= 0.6 is 0 Å². The van der Waals surface area contributed by atoms with Gasteiger partial charge in [0.1, 0.15) is 4.90 Å². The lowest BCUT2D eigenvalue weighted by atomic mass is 10.2. The van der Waals surface area contributed by atoms with Crippen molar-refractivity contribution < 1.29 is 13.5 Å². The average Bonchev–Trinajstić information content (AvgIpc) is 2.33. The molecule has 0 spiro atoms. The van der Waals surface area contributed by atoms with Gasteiger partial charge in [-0.1, -0.05) is 12.5 Å². The van der Waals surface area contributed by atoms with Crippen molar-refractivity contribution >= 4 is 15.7 Å². The molecule has 6 heteroatoms. The summed E-state index contributed by atoms with van der Waals surface area (Å²) in [4.78, 5) is -0.0978. The number of hydrogen-bond donors (Lipinski definition) is 2. The molecule has 0 saturated carbocycles. The van der Waals surface area contributed by atoms with Crippen LogP contribution in [0.2, 0.25) is 0 Å². The Morgan fingerprint density at radius 2 is 1.82 bits per heavy atom. The van der Waals surface area contributed by atoms with Crippen LogP contribution < -0.4 is 5.73 Å². The minimum Gasteiger partial charge on any atom is -0.504 e. The van der Waals surface area contributed by atoms with Gasteiger partial charge in [0.25, 0.3) is 0 Å². The summed E-state index contributed by atoms with van der Waals surface area (Å²) in [6.07, 6.45) is 2.78. The molecule has 2 rings (SSSR count). The number of para-hydroxylation sites is 1. The van der Waals surface area contributed by atoms with E-state index in [0.29, 0.717) is 13.1 Å². The molecule has 0 aromatic heterocycles. The van der Waals surface area contributed by atoms with Gasteiger partial charge in [0.15, 0.2) is 5.75 Å². The highest BCUT2D eigenvalue weighted by Crippen LogP contribution is 2.31. The fourth-order valence-corrected chi connectivity index (χ4v) is 3.62. The smallest absolute Gasteiger partial charge is 0.246 e. The molecule has 1 aliphatic rings. The predicted octanol–water partition coefficient (Wildman–Crippen LogP) is 1.15. The molecular formula is C11H16N2O3S. The molecular weight excluding hydrogens is 240 g/mol. The maximum absolute atomic E-state index is 12.3. The summed E-state index contributed by atoms with van der Waals surface area (Å²) in [6, 6.07) is 4.39. The zero-order valence-corrected chi connectivity index (χ0v) is 10.3. The van der Waals surface area contributed by atoms with E-state index in [-0.39, 0.29) is 16.3 Å². The number of piperidine rings is 1. The Morgan fingerprint density at radius 1 is 1.18 bits per heavy atom. The molecule has 0 radical (unpaired) electrons. The number of anilines is 1. The normalized spacial score (nSPS) is 18.1. The second-order valence-corrected chi connectivity index (χ2v) is 6.07. The van der Waals surface area contributed by atoms with E-state index in [0.717, 1.165) is 19.3 Å². The van der Waals surface area contributed by atoms with Gasteiger partial charge >= 0.3 is 0 Å². The molecule has 0 aliphatic carbocycles. The van der Waals surface area contributed by atoms with Crippen molar-refractivity contribution in [3.05, 3.63) is 18.2 Å². The third-order valence-corrected chi connectivity index (χ3v) is 4.89. The van der Waals surface area contributed by atoms with Crippen molar-refractivity contribution in [3.63, 3.8) is 0 Å². The van der Waals surface area contributed by atoms with Gasteiger partial charge in [-0.15, -0.1) is 0 Å². The van der Waals surface area contributed by atoms with E-state index in [1.807, 2.05) is 0 Å². The summed E-state index contributed by atoms with van der Waals surface area (Å²) in [5, 5.41) is 9.73. The molecule has 1 aromatic rings. The van der Waals surface area contributed by atoms with E-state index >= 15 is 0 Å². The zero-order valence-electron chi connectivity index (χ0n) is 9.46. The Hall–Kier alpha value is -1.27. The van der Waals surface area contributed by atoms with Crippen LogP contribution in [-0.4, -0.2) is 30.9 Å². The quantitative estimate of drug-likeness (QED) is 0.614. The highest BCUT2D eigenvalue weighted by atomic mass is 32.2. The third kappa shape index (κ3) is 2.23. The SMILES string of the molecule is Nc1cccc(S(=O)(=O)N2CCCCC2)c1O. The first-order chi connectivity index (χ1) is 8.03. The monoisotopic (exact) mass is 256 g/mol. The number of sulfonamides is 1. The van der Waals surface area contributed by atoms with Crippen LogP contribution in [0.3, 0.4) is 0 Å². The van der Waals surface area contributed by atoms with E-state index in [9.17, 15) is 13.5 Å². The molecule has 0 atom stereocenters. The lowest BCUT2D eigenvalue weighted by molar-refractivity contribution is 0.344. The lowest BCUT2D eigenvalue weighted by Gasteiger charge is -2.26.